The zero-order valence-electron chi connectivity index (χ0n) is 11.8. The van der Waals surface area contributed by atoms with Gasteiger partial charge in [0.25, 0.3) is 5.91 Å². The number of hydrogen-bond donors (Lipinski definition) is 2. The van der Waals surface area contributed by atoms with Crippen LogP contribution in [0.15, 0.2) is 22.7 Å². The Morgan fingerprint density at radius 2 is 2.10 bits per heavy atom. The van der Waals surface area contributed by atoms with Gasteiger partial charge >= 0.3 is 5.97 Å². The zero-order chi connectivity index (χ0) is 15.3. The molecule has 1 amide bonds. The Hall–Kier alpha value is -1.56. The summed E-state index contributed by atoms with van der Waals surface area (Å²) in [6.45, 7) is 3.83. The van der Waals surface area contributed by atoms with E-state index in [4.69, 9.17) is 10.5 Å². The number of rotatable bonds is 5. The number of nitrogen functional groups attached to an aromatic ring is 1. The summed E-state index contributed by atoms with van der Waals surface area (Å²) >= 11 is 3.28. The fourth-order valence-corrected chi connectivity index (χ4v) is 2.13. The van der Waals surface area contributed by atoms with E-state index in [-0.39, 0.29) is 11.8 Å². The molecule has 0 aliphatic carbocycles. The molecular formula is C14H19BrN2O3. The predicted molar refractivity (Wildman–Crippen MR) is 81.3 cm³/mol. The monoisotopic (exact) mass is 342 g/mol. The van der Waals surface area contributed by atoms with Crippen LogP contribution in [0, 0.1) is 5.92 Å². The van der Waals surface area contributed by atoms with Crippen LogP contribution < -0.4 is 11.1 Å². The van der Waals surface area contributed by atoms with Crippen LogP contribution in [0.3, 0.4) is 0 Å². The van der Waals surface area contributed by atoms with Gasteiger partial charge in [-0.1, -0.05) is 36.2 Å². The maximum atomic E-state index is 12.2. The largest absolute Gasteiger partial charge is 0.467 e. The second kappa shape index (κ2) is 7.28. The van der Waals surface area contributed by atoms with E-state index in [9.17, 15) is 9.59 Å². The molecule has 0 heterocycles. The highest BCUT2D eigenvalue weighted by molar-refractivity contribution is 9.10. The van der Waals surface area contributed by atoms with Crippen molar-refractivity contribution in [2.45, 2.75) is 26.3 Å². The van der Waals surface area contributed by atoms with Crippen molar-refractivity contribution in [1.82, 2.24) is 5.32 Å². The van der Waals surface area contributed by atoms with Gasteiger partial charge in [-0.2, -0.15) is 0 Å². The average Bonchev–Trinajstić information content (AvgIpc) is 2.42. The molecule has 1 aromatic carbocycles. The second-order valence-corrected chi connectivity index (χ2v) is 5.51. The van der Waals surface area contributed by atoms with Crippen LogP contribution in [0.5, 0.6) is 0 Å². The van der Waals surface area contributed by atoms with Gasteiger partial charge in [0.2, 0.25) is 0 Å². The molecule has 0 fully saturated rings. The first-order valence-electron chi connectivity index (χ1n) is 6.34. The minimum atomic E-state index is -0.680. The number of carbonyl (C=O) groups is 2. The minimum absolute atomic E-state index is 0.0249. The predicted octanol–water partition coefficient (Wildman–Crippen LogP) is 2.35. The molecule has 0 aromatic heterocycles. The molecule has 0 radical (unpaired) electrons. The molecule has 5 nitrogen and oxygen atoms in total. The number of nitrogens with one attached hydrogen (secondary N) is 1. The van der Waals surface area contributed by atoms with Gasteiger partial charge < -0.3 is 15.8 Å². The number of carbonyl (C=O) groups excluding carboxylic acids is 2. The van der Waals surface area contributed by atoms with Crippen molar-refractivity contribution < 1.29 is 14.3 Å². The van der Waals surface area contributed by atoms with Crippen LogP contribution in [0.2, 0.25) is 0 Å². The number of benzene rings is 1. The molecule has 0 saturated carbocycles. The summed E-state index contributed by atoms with van der Waals surface area (Å²) in [5, 5.41) is 2.69. The van der Waals surface area contributed by atoms with Crippen molar-refractivity contribution in [3.63, 3.8) is 0 Å². The fourth-order valence-electron chi connectivity index (χ4n) is 1.76. The minimum Gasteiger partial charge on any atom is -0.467 e. The molecule has 0 aliphatic heterocycles. The van der Waals surface area contributed by atoms with Crippen LogP contribution >= 0.6 is 15.9 Å². The molecule has 0 spiro atoms. The number of hydrogen-bond acceptors (Lipinski definition) is 4. The molecule has 0 bridgehead atoms. The van der Waals surface area contributed by atoms with Crippen molar-refractivity contribution >= 4 is 33.5 Å². The Balaban J connectivity index is 2.93. The number of halogens is 1. The molecule has 1 rings (SSSR count). The number of esters is 1. The maximum absolute atomic E-state index is 12.2. The molecule has 0 saturated heterocycles. The lowest BCUT2D eigenvalue weighted by molar-refractivity contribution is -0.144. The molecular weight excluding hydrogens is 324 g/mol. The highest BCUT2D eigenvalue weighted by Crippen LogP contribution is 2.19. The Morgan fingerprint density at radius 3 is 2.60 bits per heavy atom. The molecule has 110 valence electrons. The van der Waals surface area contributed by atoms with E-state index < -0.39 is 12.0 Å². The van der Waals surface area contributed by atoms with Crippen LogP contribution in [-0.2, 0) is 9.53 Å². The summed E-state index contributed by atoms with van der Waals surface area (Å²) in [5.74, 6) is -0.864. The summed E-state index contributed by atoms with van der Waals surface area (Å²) in [6.07, 6.45) is 0.746. The number of anilines is 1. The number of amides is 1. The highest BCUT2D eigenvalue weighted by Gasteiger charge is 2.27. The quantitative estimate of drug-likeness (QED) is 0.635. The number of nitrogens with two attached hydrogens (primary N) is 1. The van der Waals surface area contributed by atoms with Gasteiger partial charge in [0.1, 0.15) is 6.04 Å². The Bertz CT molecular complexity index is 505. The van der Waals surface area contributed by atoms with Crippen LogP contribution in [-0.4, -0.2) is 25.0 Å². The van der Waals surface area contributed by atoms with Crippen molar-refractivity contribution in [2.75, 3.05) is 12.8 Å². The van der Waals surface area contributed by atoms with Gasteiger partial charge in [0.05, 0.1) is 12.7 Å². The standard InChI is InChI=1S/C14H19BrN2O3/c1-4-8(2)12(14(19)20-3)17-13(18)10-6-5-9(15)7-11(10)16/h5-8,12H,4,16H2,1-3H3,(H,17,18). The second-order valence-electron chi connectivity index (χ2n) is 4.59. The molecule has 0 aliphatic rings. The zero-order valence-corrected chi connectivity index (χ0v) is 13.4. The first-order chi connectivity index (χ1) is 9.40. The van der Waals surface area contributed by atoms with E-state index in [1.54, 1.807) is 18.2 Å². The third-order valence-electron chi connectivity index (χ3n) is 3.21. The van der Waals surface area contributed by atoms with Gasteiger partial charge in [0.15, 0.2) is 0 Å². The number of methoxy groups -OCH3 is 1. The lowest BCUT2D eigenvalue weighted by atomic mass is 9.98. The normalized spacial score (nSPS) is 13.4. The lowest BCUT2D eigenvalue weighted by Gasteiger charge is -2.22. The number of ether oxygens (including phenoxy) is 1. The van der Waals surface area contributed by atoms with E-state index in [1.165, 1.54) is 7.11 Å². The van der Waals surface area contributed by atoms with Gasteiger partial charge in [-0.25, -0.2) is 4.79 Å². The fraction of sp³-hybridized carbons (Fsp3) is 0.429. The summed E-state index contributed by atoms with van der Waals surface area (Å²) in [7, 11) is 1.30. The van der Waals surface area contributed by atoms with Crippen LogP contribution in [0.1, 0.15) is 30.6 Å². The van der Waals surface area contributed by atoms with Gasteiger partial charge in [-0.15, -0.1) is 0 Å². The third kappa shape index (κ3) is 3.96. The summed E-state index contributed by atoms with van der Waals surface area (Å²) in [6, 6.07) is 4.30. The molecule has 3 N–H and O–H groups in total. The summed E-state index contributed by atoms with van der Waals surface area (Å²) in [4.78, 5) is 24.0. The maximum Gasteiger partial charge on any atom is 0.328 e. The molecule has 6 heteroatoms. The average molecular weight is 343 g/mol. The van der Waals surface area contributed by atoms with E-state index in [0.29, 0.717) is 11.3 Å². The van der Waals surface area contributed by atoms with E-state index in [2.05, 4.69) is 21.2 Å². The van der Waals surface area contributed by atoms with E-state index in [0.717, 1.165) is 10.9 Å². The van der Waals surface area contributed by atoms with Crippen molar-refractivity contribution in [2.24, 2.45) is 5.92 Å². The summed E-state index contributed by atoms with van der Waals surface area (Å²) < 4.78 is 5.52. The van der Waals surface area contributed by atoms with Crippen molar-refractivity contribution in [1.29, 1.82) is 0 Å². The molecule has 1 aromatic rings. The Labute approximate surface area is 127 Å². The molecule has 2 atom stereocenters. The SMILES string of the molecule is CCC(C)C(NC(=O)c1ccc(Br)cc1N)C(=O)OC. The Morgan fingerprint density at radius 1 is 1.45 bits per heavy atom. The topological polar surface area (TPSA) is 81.4 Å². The van der Waals surface area contributed by atoms with Crippen molar-refractivity contribution in [3.05, 3.63) is 28.2 Å². The van der Waals surface area contributed by atoms with Gasteiger partial charge in [0, 0.05) is 10.2 Å². The van der Waals surface area contributed by atoms with Gasteiger partial charge in [-0.3, -0.25) is 4.79 Å². The first kappa shape index (κ1) is 16.5. The van der Waals surface area contributed by atoms with Crippen LogP contribution in [0.25, 0.3) is 0 Å². The smallest absolute Gasteiger partial charge is 0.328 e. The van der Waals surface area contributed by atoms with Crippen LogP contribution in [0.4, 0.5) is 5.69 Å². The first-order valence-corrected chi connectivity index (χ1v) is 7.13. The molecule has 20 heavy (non-hydrogen) atoms. The Kier molecular flexibility index (Phi) is 6.01. The third-order valence-corrected chi connectivity index (χ3v) is 3.71. The van der Waals surface area contributed by atoms with Gasteiger partial charge in [-0.05, 0) is 24.1 Å². The van der Waals surface area contributed by atoms with E-state index >= 15 is 0 Å². The lowest BCUT2D eigenvalue weighted by Crippen LogP contribution is -2.45. The summed E-state index contributed by atoms with van der Waals surface area (Å²) in [5.41, 5.74) is 6.50. The van der Waals surface area contributed by atoms with E-state index in [1.807, 2.05) is 13.8 Å². The van der Waals surface area contributed by atoms with Crippen molar-refractivity contribution in [3.8, 4) is 0 Å². The molecule has 2 unspecified atom stereocenters. The highest BCUT2D eigenvalue weighted by atomic mass is 79.9.